The third kappa shape index (κ3) is 3.58. The lowest BCUT2D eigenvalue weighted by Crippen LogP contribution is -2.46. The summed E-state index contributed by atoms with van der Waals surface area (Å²) in [7, 11) is 0. The number of halogens is 1. The molecule has 0 bridgehead atoms. The molecule has 1 aliphatic heterocycles. The lowest BCUT2D eigenvalue weighted by Gasteiger charge is -2.19. The lowest BCUT2D eigenvalue weighted by atomic mass is 10.0. The van der Waals surface area contributed by atoms with Gasteiger partial charge in [0.25, 0.3) is 0 Å². The van der Waals surface area contributed by atoms with Gasteiger partial charge in [0.05, 0.1) is 6.07 Å². The van der Waals surface area contributed by atoms with E-state index in [2.05, 4.69) is 11.4 Å². The smallest absolute Gasteiger partial charge is 0.245 e. The van der Waals surface area contributed by atoms with E-state index in [0.717, 1.165) is 11.3 Å². The van der Waals surface area contributed by atoms with Crippen molar-refractivity contribution in [3.63, 3.8) is 0 Å². The molecule has 1 aromatic rings. The van der Waals surface area contributed by atoms with Gasteiger partial charge in [-0.2, -0.15) is 17.0 Å². The van der Waals surface area contributed by atoms with E-state index in [1.54, 1.807) is 30.0 Å². The summed E-state index contributed by atoms with van der Waals surface area (Å²) in [4.78, 5) is 11.8. The summed E-state index contributed by atoms with van der Waals surface area (Å²) in [6.07, 6.45) is 3.64. The second-order valence-electron chi connectivity index (χ2n) is 4.37. The van der Waals surface area contributed by atoms with E-state index in [0.29, 0.717) is 12.2 Å². The highest BCUT2D eigenvalue weighted by molar-refractivity contribution is 7.99. The van der Waals surface area contributed by atoms with Crippen molar-refractivity contribution in [3.05, 3.63) is 41.7 Å². The molecule has 1 saturated heterocycles. The van der Waals surface area contributed by atoms with E-state index in [1.165, 1.54) is 18.2 Å². The Kier molecular flexibility index (Phi) is 4.23. The number of hydrogen-bond acceptors (Lipinski definition) is 3. The highest BCUT2D eigenvalue weighted by Gasteiger charge is 2.35. The normalized spacial score (nSPS) is 22.3. The Labute approximate surface area is 115 Å². The number of nitrogens with one attached hydrogen (secondary N) is 1. The van der Waals surface area contributed by atoms with Crippen LogP contribution in [0.25, 0.3) is 6.08 Å². The molecule has 1 fully saturated rings. The molecule has 5 heteroatoms. The average molecular weight is 276 g/mol. The summed E-state index contributed by atoms with van der Waals surface area (Å²) in [6.45, 7) is 0. The average Bonchev–Trinajstić information content (AvgIpc) is 2.87. The maximum atomic E-state index is 12.7. The van der Waals surface area contributed by atoms with Crippen LogP contribution >= 0.6 is 11.8 Å². The Morgan fingerprint density at radius 2 is 2.21 bits per heavy atom. The largest absolute Gasteiger partial charge is 0.333 e. The van der Waals surface area contributed by atoms with Crippen LogP contribution in [0.15, 0.2) is 30.3 Å². The highest BCUT2D eigenvalue weighted by atomic mass is 32.2. The summed E-state index contributed by atoms with van der Waals surface area (Å²) in [5.74, 6) is 0.899. The van der Waals surface area contributed by atoms with Crippen LogP contribution < -0.4 is 5.32 Å². The van der Waals surface area contributed by atoms with E-state index in [9.17, 15) is 9.18 Å². The van der Waals surface area contributed by atoms with Gasteiger partial charge in [-0.25, -0.2) is 4.39 Å². The summed E-state index contributed by atoms with van der Waals surface area (Å²) >= 11 is 1.66. The summed E-state index contributed by atoms with van der Waals surface area (Å²) in [6, 6.07) is 8.02. The molecule has 0 saturated carbocycles. The predicted octanol–water partition coefficient (Wildman–Crippen LogP) is 2.35. The van der Waals surface area contributed by atoms with Crippen molar-refractivity contribution in [3.8, 4) is 6.07 Å². The van der Waals surface area contributed by atoms with Crippen molar-refractivity contribution in [2.45, 2.75) is 12.0 Å². The Hall–Kier alpha value is -1.80. The van der Waals surface area contributed by atoms with Crippen LogP contribution in [0.3, 0.4) is 0 Å². The van der Waals surface area contributed by atoms with Gasteiger partial charge in [0.15, 0.2) is 0 Å². The number of hydrogen-bond donors (Lipinski definition) is 1. The van der Waals surface area contributed by atoms with Crippen molar-refractivity contribution in [1.29, 1.82) is 5.26 Å². The summed E-state index contributed by atoms with van der Waals surface area (Å²) < 4.78 is 12.7. The van der Waals surface area contributed by atoms with Crippen LogP contribution in [0, 0.1) is 17.1 Å². The van der Waals surface area contributed by atoms with E-state index < -0.39 is 5.54 Å². The van der Waals surface area contributed by atoms with Gasteiger partial charge < -0.3 is 5.32 Å². The van der Waals surface area contributed by atoms with Crippen LogP contribution in [-0.2, 0) is 4.79 Å². The van der Waals surface area contributed by atoms with Gasteiger partial charge in [-0.1, -0.05) is 12.1 Å². The van der Waals surface area contributed by atoms with Gasteiger partial charge in [0.2, 0.25) is 5.91 Å². The Morgan fingerprint density at radius 3 is 2.79 bits per heavy atom. The highest BCUT2D eigenvalue weighted by Crippen LogP contribution is 2.27. The third-order valence-electron chi connectivity index (χ3n) is 2.90. The molecule has 1 amide bonds. The Balaban J connectivity index is 1.98. The van der Waals surface area contributed by atoms with Crippen LogP contribution in [-0.4, -0.2) is 23.0 Å². The van der Waals surface area contributed by atoms with Gasteiger partial charge in [0.1, 0.15) is 11.4 Å². The van der Waals surface area contributed by atoms with Gasteiger partial charge in [-0.3, -0.25) is 4.79 Å². The molecule has 1 heterocycles. The monoisotopic (exact) mass is 276 g/mol. The summed E-state index contributed by atoms with van der Waals surface area (Å²) in [5, 5.41) is 11.9. The molecule has 0 radical (unpaired) electrons. The first kappa shape index (κ1) is 13.6. The first-order chi connectivity index (χ1) is 9.13. The topological polar surface area (TPSA) is 52.9 Å². The molecule has 0 aliphatic carbocycles. The van der Waals surface area contributed by atoms with E-state index in [4.69, 9.17) is 5.26 Å². The molecule has 2 rings (SSSR count). The molecule has 1 aliphatic rings. The molecular formula is C14H13FN2OS. The number of thioether (sulfide) groups is 1. The molecule has 1 unspecified atom stereocenters. The Bertz CT molecular complexity index is 527. The zero-order chi connectivity index (χ0) is 13.7. The zero-order valence-corrected chi connectivity index (χ0v) is 11.0. The quantitative estimate of drug-likeness (QED) is 0.862. The number of nitrogens with zero attached hydrogens (tertiary/aromatic N) is 1. The number of carbonyl (C=O) groups is 1. The maximum absolute atomic E-state index is 12.7. The second-order valence-corrected chi connectivity index (χ2v) is 5.48. The number of amides is 1. The predicted molar refractivity (Wildman–Crippen MR) is 73.9 cm³/mol. The fourth-order valence-electron chi connectivity index (χ4n) is 1.80. The first-order valence-electron chi connectivity index (χ1n) is 5.88. The minimum Gasteiger partial charge on any atom is -0.333 e. The van der Waals surface area contributed by atoms with Crippen LogP contribution in [0.5, 0.6) is 0 Å². The van der Waals surface area contributed by atoms with E-state index in [1.807, 2.05) is 0 Å². The zero-order valence-electron chi connectivity index (χ0n) is 10.2. The second kappa shape index (κ2) is 5.89. The molecule has 1 aromatic carbocycles. The lowest BCUT2D eigenvalue weighted by molar-refractivity contribution is -0.117. The van der Waals surface area contributed by atoms with Gasteiger partial charge in [-0.05, 0) is 35.9 Å². The minimum atomic E-state index is -0.741. The first-order valence-corrected chi connectivity index (χ1v) is 7.04. The van der Waals surface area contributed by atoms with Crippen molar-refractivity contribution in [1.82, 2.24) is 5.32 Å². The molecule has 0 spiro atoms. The van der Waals surface area contributed by atoms with Crippen LogP contribution in [0.4, 0.5) is 4.39 Å². The van der Waals surface area contributed by atoms with Crippen molar-refractivity contribution >= 4 is 23.7 Å². The standard InChI is InChI=1S/C14H13FN2OS/c15-12-4-1-11(2-5-12)3-6-13(18)17-14(9-16)7-8-19-10-14/h1-6H,7-8,10H2,(H,17,18)/b6-3+. The third-order valence-corrected chi connectivity index (χ3v) is 4.09. The SMILES string of the molecule is N#CC1(NC(=O)/C=C/c2ccc(F)cc2)CCSC1. The number of nitriles is 1. The fourth-order valence-corrected chi connectivity index (χ4v) is 3.07. The van der Waals surface area contributed by atoms with Crippen molar-refractivity contribution in [2.75, 3.05) is 11.5 Å². The molecular weight excluding hydrogens is 263 g/mol. The number of benzene rings is 1. The minimum absolute atomic E-state index is 0.298. The molecule has 0 aromatic heterocycles. The number of carbonyl (C=O) groups excluding carboxylic acids is 1. The van der Waals surface area contributed by atoms with Crippen LogP contribution in [0.1, 0.15) is 12.0 Å². The van der Waals surface area contributed by atoms with E-state index in [-0.39, 0.29) is 11.7 Å². The van der Waals surface area contributed by atoms with E-state index >= 15 is 0 Å². The van der Waals surface area contributed by atoms with Crippen molar-refractivity contribution < 1.29 is 9.18 Å². The van der Waals surface area contributed by atoms with Gasteiger partial charge in [0, 0.05) is 11.8 Å². The fraction of sp³-hybridized carbons (Fsp3) is 0.286. The molecule has 1 atom stereocenters. The molecule has 19 heavy (non-hydrogen) atoms. The van der Waals surface area contributed by atoms with Gasteiger partial charge in [-0.15, -0.1) is 0 Å². The molecule has 98 valence electrons. The number of rotatable bonds is 3. The molecule has 3 nitrogen and oxygen atoms in total. The van der Waals surface area contributed by atoms with Gasteiger partial charge >= 0.3 is 0 Å². The summed E-state index contributed by atoms with van der Waals surface area (Å²) in [5.41, 5.74) is -0.00197. The van der Waals surface area contributed by atoms with Crippen molar-refractivity contribution in [2.24, 2.45) is 0 Å². The maximum Gasteiger partial charge on any atom is 0.245 e. The molecule has 1 N–H and O–H groups in total. The Morgan fingerprint density at radius 1 is 1.47 bits per heavy atom. The van der Waals surface area contributed by atoms with Crippen LogP contribution in [0.2, 0.25) is 0 Å².